The van der Waals surface area contributed by atoms with Crippen LogP contribution in [0.5, 0.6) is 0 Å². The Morgan fingerprint density at radius 2 is 1.89 bits per heavy atom. The van der Waals surface area contributed by atoms with Crippen LogP contribution in [-0.4, -0.2) is 0 Å². The fourth-order valence-electron chi connectivity index (χ4n) is 3.71. The molecule has 3 nitrogen and oxygen atoms in total. The van der Waals surface area contributed by atoms with E-state index in [2.05, 4.69) is 4.85 Å². The molecule has 0 spiro atoms. The molecule has 0 aliphatic heterocycles. The van der Waals surface area contributed by atoms with E-state index in [0.29, 0.717) is 16.7 Å². The molecule has 2 aromatic carbocycles. The molecule has 0 saturated heterocycles. The number of aryl methyl sites for hydroxylation is 3. The summed E-state index contributed by atoms with van der Waals surface area (Å²) < 4.78 is 48.2. The molecule has 0 fully saturated rings. The summed E-state index contributed by atoms with van der Waals surface area (Å²) in [5.41, 5.74) is 4.27. The third-order valence-electron chi connectivity index (χ3n) is 4.94. The summed E-state index contributed by atoms with van der Waals surface area (Å²) in [6.07, 6.45) is -0.0769. The lowest BCUT2D eigenvalue weighted by atomic mass is 9.98. The minimum absolute atomic E-state index is 0.188. The first kappa shape index (κ1) is 13.1. The third-order valence-corrected chi connectivity index (χ3v) is 4.94. The predicted molar refractivity (Wildman–Crippen MR) is 115 cm³/mol. The van der Waals surface area contributed by atoms with E-state index in [1.54, 1.807) is 49.9 Å². The van der Waals surface area contributed by atoms with Crippen LogP contribution < -0.4 is 4.57 Å². The van der Waals surface area contributed by atoms with Crippen LogP contribution in [-0.2, 0) is 13.4 Å². The van der Waals surface area contributed by atoms with Crippen LogP contribution in [0, 0.1) is 26.3 Å². The average Bonchev–Trinajstić information content (AvgIpc) is 3.11. The minimum Gasteiger partial charge on any atom is -0.466 e. The Hall–Kier alpha value is -3.12. The van der Waals surface area contributed by atoms with E-state index in [9.17, 15) is 0 Å². The lowest BCUT2D eigenvalue weighted by Crippen LogP contribution is -2.31. The number of hydrogen-bond donors (Lipinski definition) is 0. The van der Waals surface area contributed by atoms with Gasteiger partial charge in [-0.3, -0.25) is 0 Å². The number of benzene rings is 2. The second-order valence-electron chi connectivity index (χ2n) is 7.40. The number of aromatic nitrogens is 1. The first-order valence-corrected chi connectivity index (χ1v) is 9.25. The summed E-state index contributed by atoms with van der Waals surface area (Å²) in [6.45, 7) is 11.1. The molecule has 0 bridgehead atoms. The van der Waals surface area contributed by atoms with Gasteiger partial charge in [-0.05, 0) is 43.3 Å². The number of furan rings is 1. The molecule has 0 amide bonds. The van der Waals surface area contributed by atoms with Gasteiger partial charge in [0.25, 0.3) is 0 Å². The molecule has 0 saturated carbocycles. The fourth-order valence-corrected chi connectivity index (χ4v) is 3.71. The van der Waals surface area contributed by atoms with E-state index >= 15 is 0 Å². The van der Waals surface area contributed by atoms with Gasteiger partial charge in [0, 0.05) is 29.3 Å². The highest BCUT2D eigenvalue weighted by atomic mass is 16.3. The normalized spacial score (nSPS) is 15.1. The lowest BCUT2D eigenvalue weighted by Gasteiger charge is -2.07. The first-order valence-electron chi connectivity index (χ1n) is 11.7. The zero-order valence-electron chi connectivity index (χ0n) is 21.4. The highest BCUT2D eigenvalue weighted by Crippen LogP contribution is 2.41. The van der Waals surface area contributed by atoms with Gasteiger partial charge in [-0.1, -0.05) is 38.1 Å². The molecule has 2 aromatic heterocycles. The Morgan fingerprint density at radius 3 is 2.57 bits per heavy atom. The SMILES string of the molecule is [2H]C([2H])([2H])c1ccc(-c2c(C)ccc3c2oc2c([N+]#[C-])c(C([2H])([2H])C(C)C)ccc23)[n+](C)c1. The van der Waals surface area contributed by atoms with Gasteiger partial charge in [-0.25, -0.2) is 9.41 Å². The van der Waals surface area contributed by atoms with E-state index < -0.39 is 13.2 Å². The monoisotopic (exact) mass is 374 g/mol. The third kappa shape index (κ3) is 2.86. The van der Waals surface area contributed by atoms with Gasteiger partial charge in [0.1, 0.15) is 18.2 Å². The van der Waals surface area contributed by atoms with Crippen LogP contribution in [0.15, 0.2) is 47.0 Å². The van der Waals surface area contributed by atoms with Crippen molar-refractivity contribution >= 4 is 27.6 Å². The highest BCUT2D eigenvalue weighted by Gasteiger charge is 2.22. The van der Waals surface area contributed by atoms with Crippen molar-refractivity contribution in [1.82, 2.24) is 0 Å². The zero-order chi connectivity index (χ0) is 24.3. The molecule has 0 N–H and O–H groups in total. The van der Waals surface area contributed by atoms with E-state index in [0.717, 1.165) is 27.6 Å². The molecular weight excluding hydrogens is 344 g/mol. The van der Waals surface area contributed by atoms with E-state index in [-0.39, 0.29) is 17.2 Å². The molecule has 4 aromatic rings. The van der Waals surface area contributed by atoms with Crippen molar-refractivity contribution in [2.24, 2.45) is 13.0 Å². The van der Waals surface area contributed by atoms with Crippen molar-refractivity contribution in [1.29, 1.82) is 0 Å². The molecule has 0 aliphatic carbocycles. The summed E-state index contributed by atoms with van der Waals surface area (Å²) in [5, 5.41) is 1.58. The van der Waals surface area contributed by atoms with Gasteiger partial charge < -0.3 is 4.42 Å². The second-order valence-corrected chi connectivity index (χ2v) is 7.40. The van der Waals surface area contributed by atoms with E-state index in [1.807, 2.05) is 25.1 Å². The molecular formula is C25H25N2O+. The number of fused-ring (bicyclic) bond motifs is 3. The molecule has 140 valence electrons. The van der Waals surface area contributed by atoms with Crippen LogP contribution in [0.3, 0.4) is 0 Å². The minimum atomic E-state index is -2.20. The van der Waals surface area contributed by atoms with Crippen molar-refractivity contribution in [3.63, 3.8) is 0 Å². The quantitative estimate of drug-likeness (QED) is 0.298. The Balaban J connectivity index is 2.05. The fraction of sp³-hybridized carbons (Fsp3) is 0.280. The lowest BCUT2D eigenvalue weighted by molar-refractivity contribution is -0.660. The van der Waals surface area contributed by atoms with Crippen molar-refractivity contribution in [3.8, 4) is 11.3 Å². The Labute approximate surface area is 173 Å². The number of rotatable bonds is 3. The summed E-state index contributed by atoms with van der Waals surface area (Å²) >= 11 is 0. The summed E-state index contributed by atoms with van der Waals surface area (Å²) in [4.78, 5) is 3.67. The zero-order valence-corrected chi connectivity index (χ0v) is 16.4. The summed E-state index contributed by atoms with van der Waals surface area (Å²) in [7, 11) is 1.80. The molecule has 0 atom stereocenters. The van der Waals surface area contributed by atoms with Crippen molar-refractivity contribution < 1.29 is 15.8 Å². The maximum atomic E-state index is 8.52. The number of nitrogens with zero attached hydrogens (tertiary/aromatic N) is 2. The highest BCUT2D eigenvalue weighted by molar-refractivity contribution is 6.13. The van der Waals surface area contributed by atoms with E-state index in [1.165, 1.54) is 0 Å². The number of pyridine rings is 1. The van der Waals surface area contributed by atoms with Gasteiger partial charge in [-0.15, -0.1) is 0 Å². The second kappa shape index (κ2) is 6.80. The largest absolute Gasteiger partial charge is 0.466 e. The molecule has 0 aliphatic rings. The van der Waals surface area contributed by atoms with Crippen LogP contribution in [0.1, 0.15) is 37.4 Å². The molecule has 0 unspecified atom stereocenters. The van der Waals surface area contributed by atoms with Crippen LogP contribution >= 0.6 is 0 Å². The van der Waals surface area contributed by atoms with Crippen molar-refractivity contribution in [3.05, 3.63) is 70.7 Å². The van der Waals surface area contributed by atoms with Gasteiger partial charge >= 0.3 is 0 Å². The molecule has 4 rings (SSSR count). The Bertz CT molecular complexity index is 1440. The van der Waals surface area contributed by atoms with Crippen LogP contribution in [0.25, 0.3) is 38.0 Å². The Kier molecular flexibility index (Phi) is 3.19. The van der Waals surface area contributed by atoms with Crippen LogP contribution in [0.2, 0.25) is 0 Å². The number of hydrogen-bond acceptors (Lipinski definition) is 1. The molecule has 0 radical (unpaired) electrons. The van der Waals surface area contributed by atoms with Gasteiger partial charge in [-0.2, -0.15) is 0 Å². The molecule has 28 heavy (non-hydrogen) atoms. The van der Waals surface area contributed by atoms with Gasteiger partial charge in [0.2, 0.25) is 11.4 Å². The van der Waals surface area contributed by atoms with Crippen molar-refractivity contribution in [2.45, 2.75) is 34.0 Å². The van der Waals surface area contributed by atoms with Crippen molar-refractivity contribution in [2.75, 3.05) is 0 Å². The maximum absolute atomic E-state index is 8.52. The predicted octanol–water partition coefficient (Wildman–Crippen LogP) is 6.44. The standard InChI is InChI=1S/C25H25N2O/c1-15(2)13-18-9-11-20-19-10-8-17(4)22(21-12-7-16(3)14-27(21)6)24(19)28-25(20)23(18)26-5/h7-12,14-15H,13H2,1-4,6H3/q+1/i3D3,13D2. The Morgan fingerprint density at radius 1 is 1.14 bits per heavy atom. The molecule has 3 heteroatoms. The van der Waals surface area contributed by atoms with Crippen LogP contribution in [0.4, 0.5) is 5.69 Å². The van der Waals surface area contributed by atoms with E-state index in [4.69, 9.17) is 17.8 Å². The maximum Gasteiger partial charge on any atom is 0.232 e. The van der Waals surface area contributed by atoms with Gasteiger partial charge in [0.15, 0.2) is 6.20 Å². The molecule has 2 heterocycles. The van der Waals surface area contributed by atoms with Gasteiger partial charge in [0.05, 0.1) is 12.1 Å². The smallest absolute Gasteiger partial charge is 0.232 e. The average molecular weight is 375 g/mol. The summed E-state index contributed by atoms with van der Waals surface area (Å²) in [6, 6.07) is 10.8. The summed E-state index contributed by atoms with van der Waals surface area (Å²) in [5.74, 6) is -0.312. The topological polar surface area (TPSA) is 21.4 Å². The first-order chi connectivity index (χ1) is 15.4.